The van der Waals surface area contributed by atoms with Crippen LogP contribution in [0, 0.1) is 5.41 Å². The summed E-state index contributed by atoms with van der Waals surface area (Å²) in [5, 5.41) is 12.5. The second-order valence-corrected chi connectivity index (χ2v) is 8.50. The lowest BCUT2D eigenvalue weighted by atomic mass is 9.70. The summed E-state index contributed by atoms with van der Waals surface area (Å²) < 4.78 is 5.70. The minimum absolute atomic E-state index is 0.0686. The van der Waals surface area contributed by atoms with E-state index in [9.17, 15) is 9.90 Å². The molecule has 2 aromatic rings. The van der Waals surface area contributed by atoms with E-state index in [2.05, 4.69) is 25.2 Å². The molecule has 144 valence electrons. The molecule has 4 nitrogen and oxygen atoms in total. The molecule has 2 aromatic carbocycles. The van der Waals surface area contributed by atoms with Gasteiger partial charge in [-0.3, -0.25) is 0 Å². The summed E-state index contributed by atoms with van der Waals surface area (Å²) in [6.45, 7) is 8.16. The smallest absolute Gasteiger partial charge is 0.405 e. The van der Waals surface area contributed by atoms with Gasteiger partial charge in [0.15, 0.2) is 0 Å². The Balaban J connectivity index is 1.95. The molecule has 0 aromatic heterocycles. The number of halogens is 1. The van der Waals surface area contributed by atoms with Crippen molar-refractivity contribution >= 4 is 17.7 Å². The van der Waals surface area contributed by atoms with E-state index in [4.69, 9.17) is 16.3 Å². The van der Waals surface area contributed by atoms with Crippen LogP contribution in [0.15, 0.2) is 36.4 Å². The Bertz CT molecular complexity index is 861. The van der Waals surface area contributed by atoms with Crippen molar-refractivity contribution in [3.05, 3.63) is 52.5 Å². The number of hydrogen-bond donors (Lipinski definition) is 2. The van der Waals surface area contributed by atoms with Crippen LogP contribution in [0.2, 0.25) is 5.02 Å². The quantitative estimate of drug-likeness (QED) is 0.668. The van der Waals surface area contributed by atoms with Crippen LogP contribution in [0.1, 0.15) is 51.3 Å². The number of benzene rings is 2. The van der Waals surface area contributed by atoms with Crippen molar-refractivity contribution in [1.29, 1.82) is 0 Å². The van der Waals surface area contributed by atoms with Crippen LogP contribution in [0.25, 0.3) is 11.1 Å². The van der Waals surface area contributed by atoms with E-state index in [0.717, 1.165) is 29.5 Å². The number of carbonyl (C=O) groups is 1. The van der Waals surface area contributed by atoms with E-state index in [-0.39, 0.29) is 17.6 Å². The van der Waals surface area contributed by atoms with Gasteiger partial charge in [0, 0.05) is 0 Å². The Morgan fingerprint density at radius 1 is 1.22 bits per heavy atom. The van der Waals surface area contributed by atoms with E-state index in [1.807, 2.05) is 44.2 Å². The highest BCUT2D eigenvalue weighted by molar-refractivity contribution is 6.32. The third-order valence-corrected chi connectivity index (χ3v) is 5.47. The van der Waals surface area contributed by atoms with Crippen molar-refractivity contribution in [1.82, 2.24) is 5.32 Å². The minimum Gasteiger partial charge on any atom is -0.489 e. The number of nitrogens with one attached hydrogen (secondary N) is 1. The fourth-order valence-corrected chi connectivity index (χ4v) is 3.96. The number of aryl methyl sites for hydroxylation is 1. The molecule has 0 heterocycles. The van der Waals surface area contributed by atoms with Crippen LogP contribution in [0.3, 0.4) is 0 Å². The number of fused-ring (bicyclic) bond motifs is 1. The summed E-state index contributed by atoms with van der Waals surface area (Å²) in [6.07, 6.45) is 0.934. The maximum Gasteiger partial charge on any atom is 0.405 e. The molecule has 1 amide bonds. The van der Waals surface area contributed by atoms with Crippen molar-refractivity contribution in [2.75, 3.05) is 0 Å². The van der Waals surface area contributed by atoms with E-state index >= 15 is 0 Å². The van der Waals surface area contributed by atoms with Crippen molar-refractivity contribution < 1.29 is 14.6 Å². The molecular weight excluding hydrogens is 362 g/mol. The van der Waals surface area contributed by atoms with Crippen LogP contribution < -0.4 is 10.1 Å². The zero-order valence-electron chi connectivity index (χ0n) is 16.2. The fraction of sp³-hybridized carbons (Fsp3) is 0.409. The van der Waals surface area contributed by atoms with Gasteiger partial charge in [-0.2, -0.15) is 0 Å². The summed E-state index contributed by atoms with van der Waals surface area (Å²) >= 11 is 6.38. The number of rotatable bonds is 4. The van der Waals surface area contributed by atoms with Gasteiger partial charge in [-0.1, -0.05) is 49.7 Å². The summed E-state index contributed by atoms with van der Waals surface area (Å²) in [5.74, 6) is 0.681. The molecule has 5 heteroatoms. The summed E-state index contributed by atoms with van der Waals surface area (Å²) in [7, 11) is 0. The molecule has 0 saturated carbocycles. The van der Waals surface area contributed by atoms with Crippen LogP contribution in [-0.2, 0) is 6.42 Å². The predicted molar refractivity (Wildman–Crippen MR) is 109 cm³/mol. The third-order valence-electron chi connectivity index (χ3n) is 5.17. The fourth-order valence-electron chi connectivity index (χ4n) is 3.73. The van der Waals surface area contributed by atoms with E-state index in [0.29, 0.717) is 10.8 Å². The van der Waals surface area contributed by atoms with Gasteiger partial charge in [0.05, 0.1) is 17.2 Å². The number of amides is 1. The highest BCUT2D eigenvalue weighted by Gasteiger charge is 2.37. The molecule has 27 heavy (non-hydrogen) atoms. The number of carboxylic acid groups (broad SMARTS) is 1. The van der Waals surface area contributed by atoms with Crippen molar-refractivity contribution in [3.63, 3.8) is 0 Å². The SMILES string of the molecule is CC(C)Oc1ccc(-c2ccc3c(c2)CCC(C)(C)C3NC(=O)O)cc1Cl. The maximum atomic E-state index is 11.3. The second kappa shape index (κ2) is 7.43. The lowest BCUT2D eigenvalue weighted by Crippen LogP contribution is -2.40. The molecule has 0 radical (unpaired) electrons. The molecule has 2 N–H and O–H groups in total. The number of hydrogen-bond acceptors (Lipinski definition) is 2. The lowest BCUT2D eigenvalue weighted by Gasteiger charge is -2.40. The molecule has 0 aliphatic heterocycles. The Morgan fingerprint density at radius 2 is 1.89 bits per heavy atom. The Labute approximate surface area is 165 Å². The normalized spacial score (nSPS) is 18.1. The average molecular weight is 388 g/mol. The zero-order chi connectivity index (χ0) is 19.8. The molecule has 0 spiro atoms. The maximum absolute atomic E-state index is 11.3. The van der Waals surface area contributed by atoms with Gasteiger partial charge >= 0.3 is 6.09 Å². The first kappa shape index (κ1) is 19.6. The van der Waals surface area contributed by atoms with E-state index < -0.39 is 6.09 Å². The first-order valence-electron chi connectivity index (χ1n) is 9.26. The third kappa shape index (κ3) is 4.22. The summed E-state index contributed by atoms with van der Waals surface area (Å²) in [4.78, 5) is 11.3. The van der Waals surface area contributed by atoms with E-state index in [1.165, 1.54) is 5.56 Å². The topological polar surface area (TPSA) is 58.6 Å². The summed E-state index contributed by atoms with van der Waals surface area (Å²) in [5.41, 5.74) is 4.21. The molecule has 0 bridgehead atoms. The molecule has 1 aliphatic rings. The molecule has 0 saturated heterocycles. The second-order valence-electron chi connectivity index (χ2n) is 8.10. The molecule has 0 fully saturated rings. The van der Waals surface area contributed by atoms with Gasteiger partial charge in [0.25, 0.3) is 0 Å². The van der Waals surface area contributed by atoms with Gasteiger partial charge in [0.2, 0.25) is 0 Å². The Morgan fingerprint density at radius 3 is 2.52 bits per heavy atom. The first-order valence-corrected chi connectivity index (χ1v) is 9.64. The predicted octanol–water partition coefficient (Wildman–Crippen LogP) is 6.08. The van der Waals surface area contributed by atoms with Gasteiger partial charge in [-0.25, -0.2) is 4.79 Å². The summed E-state index contributed by atoms with van der Waals surface area (Å²) in [6, 6.07) is 11.8. The van der Waals surface area contributed by atoms with Gasteiger partial charge in [-0.05, 0) is 66.5 Å². The van der Waals surface area contributed by atoms with Crippen molar-refractivity contribution in [2.45, 2.75) is 52.7 Å². The largest absolute Gasteiger partial charge is 0.489 e. The van der Waals surface area contributed by atoms with Gasteiger partial charge in [-0.15, -0.1) is 0 Å². The lowest BCUT2D eigenvalue weighted by molar-refractivity contribution is 0.161. The van der Waals surface area contributed by atoms with Crippen molar-refractivity contribution in [2.24, 2.45) is 5.41 Å². The van der Waals surface area contributed by atoms with E-state index in [1.54, 1.807) is 0 Å². The van der Waals surface area contributed by atoms with Gasteiger partial charge < -0.3 is 15.2 Å². The van der Waals surface area contributed by atoms with Crippen molar-refractivity contribution in [3.8, 4) is 16.9 Å². The molecule has 3 rings (SSSR count). The standard InChI is InChI=1S/C22H26ClNO3/c1-13(2)27-19-8-6-15(12-18(19)23)14-5-7-17-16(11-14)9-10-22(3,4)20(17)24-21(25)26/h5-8,11-13,20,24H,9-10H2,1-4H3,(H,25,26). The van der Waals surface area contributed by atoms with Gasteiger partial charge in [0.1, 0.15) is 5.75 Å². The molecule has 1 aliphatic carbocycles. The average Bonchev–Trinajstić information content (AvgIpc) is 2.58. The Hall–Kier alpha value is -2.20. The molecular formula is C22H26ClNO3. The van der Waals surface area contributed by atoms with Crippen LogP contribution in [0.4, 0.5) is 4.79 Å². The Kier molecular flexibility index (Phi) is 5.38. The minimum atomic E-state index is -0.988. The van der Waals surface area contributed by atoms with Crippen LogP contribution in [0.5, 0.6) is 5.75 Å². The van der Waals surface area contributed by atoms with Crippen LogP contribution in [-0.4, -0.2) is 17.3 Å². The first-order chi connectivity index (χ1) is 12.7. The highest BCUT2D eigenvalue weighted by atomic mass is 35.5. The monoisotopic (exact) mass is 387 g/mol. The van der Waals surface area contributed by atoms with Crippen LogP contribution >= 0.6 is 11.6 Å². The molecule has 1 atom stereocenters. The molecule has 1 unspecified atom stereocenters. The highest BCUT2D eigenvalue weighted by Crippen LogP contribution is 2.44. The number of ether oxygens (including phenoxy) is 1. The zero-order valence-corrected chi connectivity index (χ0v) is 16.9.